The number of ether oxygens (including phenoxy) is 3. The Balaban J connectivity index is 1.19. The maximum Gasteiger partial charge on any atom is 0.331 e. The van der Waals surface area contributed by atoms with Gasteiger partial charge in [-0.15, -0.1) is 0 Å². The van der Waals surface area contributed by atoms with Crippen LogP contribution < -0.4 is 0 Å². The average Bonchev–Trinajstić information content (AvgIpc) is 3.43. The summed E-state index contributed by atoms with van der Waals surface area (Å²) in [6.07, 6.45) is 1.60. The van der Waals surface area contributed by atoms with Crippen LogP contribution in [0, 0.1) is 34.5 Å². The van der Waals surface area contributed by atoms with E-state index in [1.54, 1.807) is 13.0 Å². The molecule has 0 aromatic rings. The Labute approximate surface area is 224 Å². The van der Waals surface area contributed by atoms with Crippen LogP contribution in [-0.4, -0.2) is 86.6 Å². The summed E-state index contributed by atoms with van der Waals surface area (Å²) in [6, 6.07) is 0. The van der Waals surface area contributed by atoms with Crippen LogP contribution in [0.15, 0.2) is 11.6 Å². The van der Waals surface area contributed by atoms with E-state index in [-0.39, 0.29) is 41.8 Å². The standard InChI is InChI=1S/C29H44O9/c1-14-23(32)24(33)25(34)26(37-14)38-17-6-8-27(2)16(11-17)4-5-19-20(27)12-21(30)28(3)18(7-9-29(19,28)35)15-10-22(31)36-13-15/h10,14,16-21,23-26,30,32-35H,4-9,11-13H2,1-3H3/t14-,16+,17-,18+,19+,20-,21+,23-,24+,25+,26?,27-,28-,29-/m0/s1. The fourth-order valence-electron chi connectivity index (χ4n) is 9.79. The fourth-order valence-corrected chi connectivity index (χ4v) is 9.79. The van der Waals surface area contributed by atoms with Crippen molar-refractivity contribution in [2.45, 2.75) is 121 Å². The molecule has 38 heavy (non-hydrogen) atoms. The molecular weight excluding hydrogens is 492 g/mol. The summed E-state index contributed by atoms with van der Waals surface area (Å²) in [4.78, 5) is 11.8. The minimum absolute atomic E-state index is 0.0559. The highest BCUT2D eigenvalue weighted by molar-refractivity contribution is 5.85. The second-order valence-electron chi connectivity index (χ2n) is 13.6. The first-order valence-corrected chi connectivity index (χ1v) is 14.5. The van der Waals surface area contributed by atoms with Gasteiger partial charge in [0.15, 0.2) is 6.29 Å². The van der Waals surface area contributed by atoms with Gasteiger partial charge in [0.1, 0.15) is 24.9 Å². The van der Waals surface area contributed by atoms with E-state index in [4.69, 9.17) is 14.2 Å². The molecule has 6 rings (SSSR count). The number of rotatable bonds is 3. The van der Waals surface area contributed by atoms with E-state index in [2.05, 4.69) is 6.92 Å². The summed E-state index contributed by atoms with van der Waals surface area (Å²) in [5, 5.41) is 54.7. The van der Waals surface area contributed by atoms with Crippen molar-refractivity contribution in [3.8, 4) is 0 Å². The molecule has 14 atom stereocenters. The summed E-state index contributed by atoms with van der Waals surface area (Å²) in [5.74, 6) is 0.206. The van der Waals surface area contributed by atoms with Crippen molar-refractivity contribution in [1.29, 1.82) is 0 Å². The van der Waals surface area contributed by atoms with Gasteiger partial charge in [-0.05, 0) is 93.0 Å². The third kappa shape index (κ3) is 3.72. The molecule has 1 saturated heterocycles. The van der Waals surface area contributed by atoms with Crippen LogP contribution >= 0.6 is 0 Å². The van der Waals surface area contributed by atoms with E-state index in [1.807, 2.05) is 6.92 Å². The average molecular weight is 537 g/mol. The molecule has 5 N–H and O–H groups in total. The molecule has 9 nitrogen and oxygen atoms in total. The van der Waals surface area contributed by atoms with Crippen LogP contribution in [0.4, 0.5) is 0 Å². The smallest absolute Gasteiger partial charge is 0.331 e. The van der Waals surface area contributed by atoms with Crippen molar-refractivity contribution in [3.05, 3.63) is 11.6 Å². The summed E-state index contributed by atoms with van der Waals surface area (Å²) in [7, 11) is 0. The summed E-state index contributed by atoms with van der Waals surface area (Å²) < 4.78 is 17.1. The zero-order valence-electron chi connectivity index (χ0n) is 22.7. The highest BCUT2D eigenvalue weighted by atomic mass is 16.7. The summed E-state index contributed by atoms with van der Waals surface area (Å²) >= 11 is 0. The van der Waals surface area contributed by atoms with Crippen LogP contribution in [0.2, 0.25) is 0 Å². The van der Waals surface area contributed by atoms with Crippen molar-refractivity contribution < 1.29 is 44.5 Å². The lowest BCUT2D eigenvalue weighted by Crippen LogP contribution is -2.67. The van der Waals surface area contributed by atoms with E-state index in [1.165, 1.54) is 0 Å². The molecule has 9 heteroatoms. The number of aliphatic hydroxyl groups is 5. The molecule has 0 aromatic carbocycles. The second kappa shape index (κ2) is 9.23. The van der Waals surface area contributed by atoms with Crippen molar-refractivity contribution in [2.75, 3.05) is 6.61 Å². The monoisotopic (exact) mass is 536 g/mol. The minimum Gasteiger partial charge on any atom is -0.458 e. The molecular formula is C29H44O9. The lowest BCUT2D eigenvalue weighted by Gasteiger charge is -2.65. The molecule has 2 aliphatic heterocycles. The van der Waals surface area contributed by atoms with Crippen molar-refractivity contribution in [2.24, 2.45) is 34.5 Å². The number of hydrogen-bond donors (Lipinski definition) is 5. The SMILES string of the molecule is C[C@@H]1OC(O[C@H]2CC[C@@]3(C)[C@H](CC[C@@H]4[C@@H]3C[C@@H](O)[C@]3(C)[C@@H](C5=CC(=O)OC5)CC[C@]43O)C2)[C@H](O)[C@H](O)[C@H]1O. The molecule has 4 saturated carbocycles. The van der Waals surface area contributed by atoms with E-state index in [0.717, 1.165) is 44.1 Å². The number of carbonyl (C=O) groups is 1. The van der Waals surface area contributed by atoms with E-state index >= 15 is 0 Å². The zero-order valence-corrected chi connectivity index (χ0v) is 22.7. The predicted octanol–water partition coefficient (Wildman–Crippen LogP) is 1.43. The van der Waals surface area contributed by atoms with Gasteiger partial charge >= 0.3 is 5.97 Å². The lowest BCUT2D eigenvalue weighted by molar-refractivity contribution is -0.311. The summed E-state index contributed by atoms with van der Waals surface area (Å²) in [6.45, 7) is 6.25. The third-order valence-corrected chi connectivity index (χ3v) is 12.2. The number of carbonyl (C=O) groups excluding carboxylic acids is 1. The molecule has 0 aromatic heterocycles. The van der Waals surface area contributed by atoms with E-state index in [9.17, 15) is 30.3 Å². The molecule has 2 heterocycles. The number of cyclic esters (lactones) is 1. The topological polar surface area (TPSA) is 146 Å². The molecule has 5 fully saturated rings. The van der Waals surface area contributed by atoms with Gasteiger partial charge in [0.25, 0.3) is 0 Å². The van der Waals surface area contributed by atoms with E-state index < -0.39 is 47.8 Å². The van der Waals surface area contributed by atoms with Crippen LogP contribution in [-0.2, 0) is 19.0 Å². The number of fused-ring (bicyclic) bond motifs is 5. The first kappa shape index (κ1) is 27.1. The molecule has 1 unspecified atom stereocenters. The highest BCUT2D eigenvalue weighted by Crippen LogP contribution is 2.70. The molecule has 4 aliphatic carbocycles. The minimum atomic E-state index is -1.31. The molecule has 0 radical (unpaired) electrons. The van der Waals surface area contributed by atoms with Gasteiger partial charge in [0.05, 0.1) is 23.9 Å². The van der Waals surface area contributed by atoms with Crippen LogP contribution in [0.3, 0.4) is 0 Å². The van der Waals surface area contributed by atoms with Crippen molar-refractivity contribution in [1.82, 2.24) is 0 Å². The van der Waals surface area contributed by atoms with Gasteiger partial charge in [-0.1, -0.05) is 13.8 Å². The van der Waals surface area contributed by atoms with Crippen LogP contribution in [0.25, 0.3) is 0 Å². The molecule has 214 valence electrons. The quantitative estimate of drug-likeness (QED) is 0.267. The Morgan fingerprint density at radius 2 is 1.71 bits per heavy atom. The molecule has 0 bridgehead atoms. The Morgan fingerprint density at radius 3 is 2.42 bits per heavy atom. The number of hydrogen-bond acceptors (Lipinski definition) is 9. The van der Waals surface area contributed by atoms with Crippen molar-refractivity contribution >= 4 is 5.97 Å². The predicted molar refractivity (Wildman–Crippen MR) is 134 cm³/mol. The molecule has 0 amide bonds. The van der Waals surface area contributed by atoms with Gasteiger partial charge in [-0.2, -0.15) is 0 Å². The first-order valence-electron chi connectivity index (χ1n) is 14.5. The Hall–Kier alpha value is -1.07. The second-order valence-corrected chi connectivity index (χ2v) is 13.6. The maximum absolute atomic E-state index is 12.4. The fraction of sp³-hybridized carbons (Fsp3) is 0.897. The maximum atomic E-state index is 12.4. The third-order valence-electron chi connectivity index (χ3n) is 12.2. The Kier molecular flexibility index (Phi) is 6.58. The van der Waals surface area contributed by atoms with Crippen LogP contribution in [0.1, 0.15) is 72.1 Å². The van der Waals surface area contributed by atoms with Crippen molar-refractivity contribution in [3.63, 3.8) is 0 Å². The van der Waals surface area contributed by atoms with Gasteiger partial charge in [0.2, 0.25) is 0 Å². The summed E-state index contributed by atoms with van der Waals surface area (Å²) in [5.41, 5.74) is -0.864. The number of esters is 1. The molecule has 0 spiro atoms. The normalized spacial score (nSPS) is 56.5. The first-order chi connectivity index (χ1) is 17.9. The van der Waals surface area contributed by atoms with Gasteiger partial charge in [-0.3, -0.25) is 0 Å². The van der Waals surface area contributed by atoms with Gasteiger partial charge < -0.3 is 39.7 Å². The van der Waals surface area contributed by atoms with Gasteiger partial charge in [0, 0.05) is 11.5 Å². The van der Waals surface area contributed by atoms with Crippen LogP contribution in [0.5, 0.6) is 0 Å². The molecule has 6 aliphatic rings. The van der Waals surface area contributed by atoms with Gasteiger partial charge in [-0.25, -0.2) is 4.79 Å². The Morgan fingerprint density at radius 1 is 0.947 bits per heavy atom. The Bertz CT molecular complexity index is 985. The zero-order chi connectivity index (χ0) is 27.2. The largest absolute Gasteiger partial charge is 0.458 e. The lowest BCUT2D eigenvalue weighted by atomic mass is 9.42. The highest BCUT2D eigenvalue weighted by Gasteiger charge is 2.70. The van der Waals surface area contributed by atoms with E-state index in [0.29, 0.717) is 18.8 Å². The number of aliphatic hydroxyl groups excluding tert-OH is 4.